The first kappa shape index (κ1) is 23.2. The van der Waals surface area contributed by atoms with Gasteiger partial charge in [-0.15, -0.1) is 12.4 Å². The summed E-state index contributed by atoms with van der Waals surface area (Å²) in [7, 11) is 1.71. The summed E-state index contributed by atoms with van der Waals surface area (Å²) in [5.41, 5.74) is -0.240. The first-order valence-corrected chi connectivity index (χ1v) is 9.32. The molecule has 0 bridgehead atoms. The minimum absolute atomic E-state index is 0. The Balaban J connectivity index is 0.00000300. The number of rotatable bonds is 5. The van der Waals surface area contributed by atoms with E-state index >= 15 is 0 Å². The number of piperidine rings is 1. The molecule has 160 valence electrons. The van der Waals surface area contributed by atoms with E-state index in [1.807, 2.05) is 0 Å². The van der Waals surface area contributed by atoms with Gasteiger partial charge in [0.1, 0.15) is 0 Å². The molecular weight excluding hydrogens is 407 g/mol. The number of hydrogen-bond donors (Lipinski definition) is 2. The Morgan fingerprint density at radius 1 is 1.34 bits per heavy atom. The molecule has 3 rings (SSSR count). The Labute approximate surface area is 173 Å². The van der Waals surface area contributed by atoms with E-state index in [4.69, 9.17) is 0 Å². The van der Waals surface area contributed by atoms with Crippen molar-refractivity contribution in [1.82, 2.24) is 20.1 Å². The number of aromatic nitrogens is 3. The second kappa shape index (κ2) is 9.58. The lowest BCUT2D eigenvalue weighted by atomic mass is 9.95. The van der Waals surface area contributed by atoms with Crippen LogP contribution < -0.4 is 10.6 Å². The maximum Gasteiger partial charge on any atom is 0.416 e. The van der Waals surface area contributed by atoms with Crippen LogP contribution in [-0.4, -0.2) is 33.8 Å². The van der Waals surface area contributed by atoms with Gasteiger partial charge in [0.25, 0.3) is 0 Å². The predicted molar refractivity (Wildman–Crippen MR) is 106 cm³/mol. The highest BCUT2D eigenvalue weighted by Gasteiger charge is 2.31. The smallest absolute Gasteiger partial charge is 0.317 e. The van der Waals surface area contributed by atoms with E-state index in [9.17, 15) is 18.0 Å². The van der Waals surface area contributed by atoms with Crippen molar-refractivity contribution in [2.24, 2.45) is 7.05 Å². The van der Waals surface area contributed by atoms with E-state index in [1.54, 1.807) is 20.0 Å². The van der Waals surface area contributed by atoms with Gasteiger partial charge in [0.15, 0.2) is 5.82 Å². The zero-order chi connectivity index (χ0) is 20.3. The number of aryl methyl sites for hydroxylation is 1. The van der Waals surface area contributed by atoms with Gasteiger partial charge in [-0.1, -0.05) is 25.1 Å². The first-order chi connectivity index (χ1) is 13.2. The molecule has 1 atom stereocenters. The number of alkyl halides is 3. The molecule has 1 aromatic carbocycles. The highest BCUT2D eigenvalue weighted by Crippen LogP contribution is 2.32. The summed E-state index contributed by atoms with van der Waals surface area (Å²) in [6, 6.07) is 5.08. The number of carbonyl (C=O) groups is 1. The molecule has 1 fully saturated rings. The third-order valence-corrected chi connectivity index (χ3v) is 5.01. The van der Waals surface area contributed by atoms with Gasteiger partial charge in [-0.25, -0.2) is 4.68 Å². The van der Waals surface area contributed by atoms with Gasteiger partial charge < -0.3 is 5.32 Å². The number of anilines is 1. The van der Waals surface area contributed by atoms with Gasteiger partial charge in [0.05, 0.1) is 5.56 Å². The number of benzene rings is 1. The molecule has 1 unspecified atom stereocenters. The molecule has 0 radical (unpaired) electrons. The standard InChI is InChI=1S/C19H24F3N5O.ClH/c1-12(14-4-3-5-15(11-14)19(20,21)22)10-16(28)24-18-25-17(26-27(18)2)13-6-8-23-9-7-13;/h3-5,11-13,23H,6-10H2,1-2H3,(H,24,25,26,28);1H. The molecule has 2 N–H and O–H groups in total. The summed E-state index contributed by atoms with van der Waals surface area (Å²) in [5, 5.41) is 10.4. The van der Waals surface area contributed by atoms with Crippen LogP contribution in [0.3, 0.4) is 0 Å². The third kappa shape index (κ3) is 5.93. The summed E-state index contributed by atoms with van der Waals surface area (Å²) in [5.74, 6) is 0.666. The second-order valence-corrected chi connectivity index (χ2v) is 7.22. The van der Waals surface area contributed by atoms with Gasteiger partial charge in [-0.3, -0.25) is 10.1 Å². The quantitative estimate of drug-likeness (QED) is 0.754. The highest BCUT2D eigenvalue weighted by atomic mass is 35.5. The topological polar surface area (TPSA) is 71.8 Å². The molecule has 0 saturated carbocycles. The van der Waals surface area contributed by atoms with Gasteiger partial charge >= 0.3 is 6.18 Å². The molecule has 1 aromatic heterocycles. The third-order valence-electron chi connectivity index (χ3n) is 5.01. The number of hydrogen-bond acceptors (Lipinski definition) is 4. The van der Waals surface area contributed by atoms with E-state index in [0.29, 0.717) is 17.3 Å². The number of nitrogens with one attached hydrogen (secondary N) is 2. The maximum atomic E-state index is 12.9. The number of amides is 1. The van der Waals surface area contributed by atoms with Crippen molar-refractivity contribution in [2.75, 3.05) is 18.4 Å². The van der Waals surface area contributed by atoms with Gasteiger partial charge in [0, 0.05) is 19.4 Å². The van der Waals surface area contributed by atoms with E-state index in [0.717, 1.165) is 38.1 Å². The highest BCUT2D eigenvalue weighted by molar-refractivity contribution is 5.89. The molecule has 1 saturated heterocycles. The Kier molecular flexibility index (Phi) is 7.65. The summed E-state index contributed by atoms with van der Waals surface area (Å²) in [4.78, 5) is 16.8. The molecule has 1 amide bonds. The molecular formula is C19H25ClF3N5O. The van der Waals surface area contributed by atoms with Crippen LogP contribution in [0.15, 0.2) is 24.3 Å². The lowest BCUT2D eigenvalue weighted by Gasteiger charge is -2.19. The zero-order valence-electron chi connectivity index (χ0n) is 16.3. The molecule has 0 aliphatic carbocycles. The molecule has 2 aromatic rings. The molecule has 6 nitrogen and oxygen atoms in total. The van der Waals surface area contributed by atoms with Crippen LogP contribution in [0.25, 0.3) is 0 Å². The summed E-state index contributed by atoms with van der Waals surface area (Å²) < 4.78 is 40.2. The lowest BCUT2D eigenvalue weighted by Crippen LogP contribution is -2.27. The minimum atomic E-state index is -4.40. The van der Waals surface area contributed by atoms with Gasteiger partial charge in [-0.2, -0.15) is 23.3 Å². The average molecular weight is 432 g/mol. The van der Waals surface area contributed by atoms with Crippen molar-refractivity contribution in [2.45, 2.75) is 44.2 Å². The Hall–Kier alpha value is -2.13. The molecule has 1 aliphatic heterocycles. The van der Waals surface area contributed by atoms with Crippen molar-refractivity contribution >= 4 is 24.3 Å². The van der Waals surface area contributed by atoms with Crippen molar-refractivity contribution in [3.8, 4) is 0 Å². The van der Waals surface area contributed by atoms with E-state index in [-0.39, 0.29) is 36.6 Å². The molecule has 29 heavy (non-hydrogen) atoms. The number of carbonyl (C=O) groups excluding carboxylic acids is 1. The normalized spacial score (nSPS) is 16.2. The van der Waals surface area contributed by atoms with Crippen molar-refractivity contribution < 1.29 is 18.0 Å². The summed E-state index contributed by atoms with van der Waals surface area (Å²) in [6.45, 7) is 3.56. The fourth-order valence-corrected chi connectivity index (χ4v) is 3.36. The van der Waals surface area contributed by atoms with Crippen molar-refractivity contribution in [1.29, 1.82) is 0 Å². The van der Waals surface area contributed by atoms with E-state index < -0.39 is 11.7 Å². The van der Waals surface area contributed by atoms with Crippen LogP contribution in [0.4, 0.5) is 19.1 Å². The summed E-state index contributed by atoms with van der Waals surface area (Å²) >= 11 is 0. The van der Waals surface area contributed by atoms with Crippen LogP contribution >= 0.6 is 12.4 Å². The van der Waals surface area contributed by atoms with Crippen LogP contribution in [0.1, 0.15) is 55.0 Å². The van der Waals surface area contributed by atoms with Gasteiger partial charge in [0.2, 0.25) is 11.9 Å². The lowest BCUT2D eigenvalue weighted by molar-refractivity contribution is -0.137. The maximum absolute atomic E-state index is 12.9. The first-order valence-electron chi connectivity index (χ1n) is 9.32. The minimum Gasteiger partial charge on any atom is -0.317 e. The fraction of sp³-hybridized carbons (Fsp3) is 0.526. The van der Waals surface area contributed by atoms with Crippen LogP contribution in [0.5, 0.6) is 0 Å². The molecule has 0 spiro atoms. The van der Waals surface area contributed by atoms with E-state index in [2.05, 4.69) is 20.7 Å². The second-order valence-electron chi connectivity index (χ2n) is 7.22. The Morgan fingerprint density at radius 2 is 2.03 bits per heavy atom. The van der Waals surface area contributed by atoms with Crippen molar-refractivity contribution in [3.05, 3.63) is 41.2 Å². The van der Waals surface area contributed by atoms with Crippen LogP contribution in [-0.2, 0) is 18.0 Å². The monoisotopic (exact) mass is 431 g/mol. The Bertz CT molecular complexity index is 833. The zero-order valence-corrected chi connectivity index (χ0v) is 17.1. The van der Waals surface area contributed by atoms with Gasteiger partial charge in [-0.05, 0) is 43.5 Å². The van der Waals surface area contributed by atoms with Crippen molar-refractivity contribution in [3.63, 3.8) is 0 Å². The predicted octanol–water partition coefficient (Wildman–Crippen LogP) is 3.86. The SMILES string of the molecule is CC(CC(=O)Nc1nc(C2CCNCC2)nn1C)c1cccc(C(F)(F)F)c1.Cl. The largest absolute Gasteiger partial charge is 0.416 e. The number of nitrogens with zero attached hydrogens (tertiary/aromatic N) is 3. The number of halogens is 4. The molecule has 10 heteroatoms. The average Bonchev–Trinajstić information content (AvgIpc) is 3.02. The molecule has 2 heterocycles. The van der Waals surface area contributed by atoms with Crippen LogP contribution in [0.2, 0.25) is 0 Å². The van der Waals surface area contributed by atoms with Crippen LogP contribution in [0, 0.1) is 0 Å². The summed E-state index contributed by atoms with van der Waals surface area (Å²) in [6.07, 6.45) is -2.45. The Morgan fingerprint density at radius 3 is 2.69 bits per heavy atom. The van der Waals surface area contributed by atoms with E-state index in [1.165, 1.54) is 10.7 Å². The molecule has 1 aliphatic rings. The fourth-order valence-electron chi connectivity index (χ4n) is 3.36.